The van der Waals surface area contributed by atoms with Crippen molar-refractivity contribution in [3.05, 3.63) is 48.2 Å². The molecule has 0 atom stereocenters. The summed E-state index contributed by atoms with van der Waals surface area (Å²) in [6.45, 7) is 1.52. The second-order valence-electron chi connectivity index (χ2n) is 8.88. The number of halogens is 1. The first-order valence-electron chi connectivity index (χ1n) is 11.0. The van der Waals surface area contributed by atoms with Gasteiger partial charge in [0.25, 0.3) is 0 Å². The van der Waals surface area contributed by atoms with E-state index in [-0.39, 0.29) is 19.0 Å². The molecule has 12 heteroatoms. The van der Waals surface area contributed by atoms with Crippen LogP contribution in [0.5, 0.6) is 0 Å². The van der Waals surface area contributed by atoms with E-state index in [2.05, 4.69) is 19.9 Å². The van der Waals surface area contributed by atoms with Crippen LogP contribution in [0.15, 0.2) is 36.5 Å². The topological polar surface area (TPSA) is 134 Å². The molecule has 0 radical (unpaired) electrons. The highest BCUT2D eigenvalue weighted by atomic mass is 19.1. The average Bonchev–Trinajstić information content (AvgIpc) is 3.30. The number of carbonyl (C=O) groups is 2. The molecule has 0 spiro atoms. The van der Waals surface area contributed by atoms with Gasteiger partial charge < -0.3 is 29.4 Å². The monoisotopic (exact) mass is 500 g/mol. The number of benzene rings is 1. The fourth-order valence-corrected chi connectivity index (χ4v) is 3.10. The summed E-state index contributed by atoms with van der Waals surface area (Å²) in [5.41, 5.74) is 1.26. The molecule has 1 aliphatic heterocycles. The van der Waals surface area contributed by atoms with E-state index in [1.54, 1.807) is 50.3 Å². The van der Waals surface area contributed by atoms with Gasteiger partial charge in [0, 0.05) is 40.0 Å². The standard InChI is InChI=1S/C21H22FN5O4.C3H7NO/c1-21(19(28)29)10-30-18(31-11-21)17-25-15(12-4-6-13(22)7-5-12)16(26-17)14-8-9-23-20(24-14)27(2)3;1-4(2)3-5/h4-9,18H,10-11H2,1-3H3,(H,25,26)(H,28,29);3H,1-2H3. The third-order valence-corrected chi connectivity index (χ3v) is 5.20. The molecule has 1 aromatic carbocycles. The molecule has 2 aromatic heterocycles. The van der Waals surface area contributed by atoms with Crippen molar-refractivity contribution in [2.75, 3.05) is 46.3 Å². The third kappa shape index (κ3) is 6.20. The molecule has 36 heavy (non-hydrogen) atoms. The second-order valence-corrected chi connectivity index (χ2v) is 8.88. The Bertz CT molecular complexity index is 1190. The Labute approximate surface area is 207 Å². The summed E-state index contributed by atoms with van der Waals surface area (Å²) in [5.74, 6) is -0.465. The zero-order valence-corrected chi connectivity index (χ0v) is 20.7. The number of hydrogen-bond acceptors (Lipinski definition) is 8. The molecule has 1 saturated heterocycles. The van der Waals surface area contributed by atoms with Crippen molar-refractivity contribution >= 4 is 18.3 Å². The first-order chi connectivity index (χ1) is 17.0. The van der Waals surface area contributed by atoms with Crippen molar-refractivity contribution in [1.29, 1.82) is 0 Å². The van der Waals surface area contributed by atoms with Gasteiger partial charge in [0.15, 0.2) is 5.82 Å². The first-order valence-corrected chi connectivity index (χ1v) is 11.0. The molecule has 4 rings (SSSR count). The largest absolute Gasteiger partial charge is 0.481 e. The summed E-state index contributed by atoms with van der Waals surface area (Å²) >= 11 is 0. The van der Waals surface area contributed by atoms with Gasteiger partial charge in [0.1, 0.15) is 11.2 Å². The number of aromatic nitrogens is 4. The SMILES string of the molecule is CN(C)C=O.CN(C)c1nccc(-c2[nH]c(C3OCC(C)(C(=O)O)CO3)nc2-c2ccc(F)cc2)n1. The molecule has 1 amide bonds. The predicted molar refractivity (Wildman–Crippen MR) is 129 cm³/mol. The number of carboxylic acids is 1. The second kappa shape index (κ2) is 11.2. The van der Waals surface area contributed by atoms with Gasteiger partial charge in [-0.3, -0.25) is 9.59 Å². The van der Waals surface area contributed by atoms with Crippen molar-refractivity contribution in [1.82, 2.24) is 24.8 Å². The maximum Gasteiger partial charge on any atom is 0.314 e. The number of anilines is 1. The molecular formula is C24H29FN6O5. The highest BCUT2D eigenvalue weighted by Crippen LogP contribution is 2.35. The lowest BCUT2D eigenvalue weighted by Gasteiger charge is -2.33. The number of amides is 1. The summed E-state index contributed by atoms with van der Waals surface area (Å²) in [5, 5.41) is 9.36. The number of rotatable bonds is 6. The number of aliphatic carboxylic acids is 1. The molecule has 11 nitrogen and oxygen atoms in total. The van der Waals surface area contributed by atoms with E-state index in [4.69, 9.17) is 9.47 Å². The van der Waals surface area contributed by atoms with E-state index < -0.39 is 17.7 Å². The Morgan fingerprint density at radius 1 is 1.14 bits per heavy atom. The molecule has 0 unspecified atom stereocenters. The van der Waals surface area contributed by atoms with Crippen LogP contribution in [0.2, 0.25) is 0 Å². The van der Waals surface area contributed by atoms with Crippen molar-refractivity contribution in [2.45, 2.75) is 13.2 Å². The number of carbonyl (C=O) groups excluding carboxylic acids is 1. The minimum atomic E-state index is -1.13. The highest BCUT2D eigenvalue weighted by Gasteiger charge is 2.41. The third-order valence-electron chi connectivity index (χ3n) is 5.20. The van der Waals surface area contributed by atoms with Crippen molar-refractivity contribution < 1.29 is 28.6 Å². The number of imidazole rings is 1. The zero-order valence-electron chi connectivity index (χ0n) is 20.7. The molecule has 3 heterocycles. The first kappa shape index (κ1) is 26.7. The summed E-state index contributed by atoms with van der Waals surface area (Å²) in [6, 6.07) is 7.68. The van der Waals surface area contributed by atoms with Crippen molar-refractivity contribution in [3.63, 3.8) is 0 Å². The number of H-pyrrole nitrogens is 1. The van der Waals surface area contributed by atoms with Gasteiger partial charge in [-0.2, -0.15) is 0 Å². The average molecular weight is 501 g/mol. The Balaban J connectivity index is 0.000000658. The molecule has 1 aliphatic rings. The predicted octanol–water partition coefficient (Wildman–Crippen LogP) is 2.58. The van der Waals surface area contributed by atoms with Gasteiger partial charge in [0.2, 0.25) is 18.6 Å². The highest BCUT2D eigenvalue weighted by molar-refractivity contribution is 5.77. The molecule has 2 N–H and O–H groups in total. The van der Waals surface area contributed by atoms with Crippen molar-refractivity contribution in [3.8, 4) is 22.6 Å². The minimum Gasteiger partial charge on any atom is -0.481 e. The van der Waals surface area contributed by atoms with E-state index >= 15 is 0 Å². The van der Waals surface area contributed by atoms with Gasteiger partial charge in [-0.25, -0.2) is 19.3 Å². The summed E-state index contributed by atoms with van der Waals surface area (Å²) in [6.07, 6.45) is 1.52. The van der Waals surface area contributed by atoms with E-state index in [0.29, 0.717) is 34.4 Å². The smallest absolute Gasteiger partial charge is 0.314 e. The fourth-order valence-electron chi connectivity index (χ4n) is 3.10. The van der Waals surface area contributed by atoms with E-state index in [0.717, 1.165) is 6.41 Å². The van der Waals surface area contributed by atoms with E-state index in [1.165, 1.54) is 17.0 Å². The Hall–Kier alpha value is -3.90. The molecular weight excluding hydrogens is 471 g/mol. The van der Waals surface area contributed by atoms with Crippen LogP contribution in [0.4, 0.5) is 10.3 Å². The Morgan fingerprint density at radius 2 is 1.75 bits per heavy atom. The lowest BCUT2D eigenvalue weighted by atomic mass is 9.92. The number of nitrogens with one attached hydrogen (secondary N) is 1. The van der Waals surface area contributed by atoms with Gasteiger partial charge >= 0.3 is 5.97 Å². The molecule has 0 saturated carbocycles. The zero-order chi connectivity index (χ0) is 26.5. The minimum absolute atomic E-state index is 0.0206. The Kier molecular flexibility index (Phi) is 8.33. The van der Waals surface area contributed by atoms with Crippen LogP contribution in [0, 0.1) is 11.2 Å². The Morgan fingerprint density at radius 3 is 2.28 bits per heavy atom. The van der Waals surface area contributed by atoms with Crippen molar-refractivity contribution in [2.24, 2.45) is 5.41 Å². The lowest BCUT2D eigenvalue weighted by Crippen LogP contribution is -2.42. The molecule has 1 fully saturated rings. The van der Waals surface area contributed by atoms with Crippen LogP contribution in [-0.2, 0) is 19.1 Å². The van der Waals surface area contributed by atoms with Crippen LogP contribution in [0.1, 0.15) is 19.0 Å². The van der Waals surface area contributed by atoms with Gasteiger partial charge in [-0.15, -0.1) is 0 Å². The normalized spacial score (nSPS) is 19.1. The molecule has 3 aromatic rings. The van der Waals surface area contributed by atoms with Crippen LogP contribution in [-0.4, -0.2) is 83.7 Å². The molecule has 0 aliphatic carbocycles. The maximum atomic E-state index is 13.5. The van der Waals surface area contributed by atoms with Gasteiger partial charge in [-0.1, -0.05) is 0 Å². The molecule has 192 valence electrons. The summed E-state index contributed by atoms with van der Waals surface area (Å²) in [7, 11) is 7.04. The lowest BCUT2D eigenvalue weighted by molar-refractivity contribution is -0.236. The summed E-state index contributed by atoms with van der Waals surface area (Å²) in [4.78, 5) is 40.7. The fraction of sp³-hybridized carbons (Fsp3) is 0.375. The summed E-state index contributed by atoms with van der Waals surface area (Å²) < 4.78 is 24.8. The quantitative estimate of drug-likeness (QED) is 0.490. The van der Waals surface area contributed by atoms with Crippen LogP contribution >= 0.6 is 0 Å². The van der Waals surface area contributed by atoms with Gasteiger partial charge in [-0.05, 0) is 37.3 Å². The van der Waals surface area contributed by atoms with Crippen LogP contribution in [0.25, 0.3) is 22.6 Å². The number of hydrogen-bond donors (Lipinski definition) is 2. The van der Waals surface area contributed by atoms with E-state index in [9.17, 15) is 19.1 Å². The van der Waals surface area contributed by atoms with Gasteiger partial charge in [0.05, 0.1) is 30.3 Å². The number of nitrogens with zero attached hydrogens (tertiary/aromatic N) is 5. The number of carboxylic acid groups (broad SMARTS) is 1. The van der Waals surface area contributed by atoms with Crippen LogP contribution < -0.4 is 4.90 Å². The number of ether oxygens (including phenoxy) is 2. The maximum absolute atomic E-state index is 13.5. The van der Waals surface area contributed by atoms with Crippen LogP contribution in [0.3, 0.4) is 0 Å². The molecule has 0 bridgehead atoms. The number of aromatic amines is 1. The van der Waals surface area contributed by atoms with E-state index in [1.807, 2.05) is 14.1 Å².